The SMILES string of the molecule is S=C(NCC1CCCCC1)ON1CCC2(C=C(c3ccc(Cl)cc3)NO2)CC1. The van der Waals surface area contributed by atoms with Crippen molar-refractivity contribution in [3.05, 3.63) is 40.9 Å². The molecule has 0 unspecified atom stereocenters. The second kappa shape index (κ2) is 8.99. The van der Waals surface area contributed by atoms with Crippen molar-refractivity contribution in [2.24, 2.45) is 5.92 Å². The highest BCUT2D eigenvalue weighted by Crippen LogP contribution is 2.35. The molecule has 0 aromatic heterocycles. The molecule has 2 aliphatic heterocycles. The summed E-state index contributed by atoms with van der Waals surface area (Å²) in [7, 11) is 0. The third kappa shape index (κ3) is 4.98. The average molecular weight is 422 g/mol. The lowest BCUT2D eigenvalue weighted by Crippen LogP contribution is -2.46. The quantitative estimate of drug-likeness (QED) is 0.701. The van der Waals surface area contributed by atoms with E-state index in [1.807, 2.05) is 29.3 Å². The lowest BCUT2D eigenvalue weighted by atomic mass is 9.89. The molecule has 28 heavy (non-hydrogen) atoms. The molecule has 2 heterocycles. The number of rotatable bonds is 4. The largest absolute Gasteiger partial charge is 0.376 e. The Kier molecular flexibility index (Phi) is 6.41. The molecule has 4 rings (SSSR count). The first kappa shape index (κ1) is 20.0. The molecule has 1 spiro atoms. The molecule has 3 aliphatic rings. The van der Waals surface area contributed by atoms with Gasteiger partial charge in [-0.3, -0.25) is 10.3 Å². The summed E-state index contributed by atoms with van der Waals surface area (Å²) in [5.41, 5.74) is 4.87. The summed E-state index contributed by atoms with van der Waals surface area (Å²) in [6.45, 7) is 2.48. The molecule has 2 fully saturated rings. The maximum Gasteiger partial charge on any atom is 0.278 e. The van der Waals surface area contributed by atoms with Crippen LogP contribution in [0.25, 0.3) is 5.70 Å². The Hall–Kier alpha value is -1.34. The highest BCUT2D eigenvalue weighted by atomic mass is 35.5. The summed E-state index contributed by atoms with van der Waals surface area (Å²) in [6, 6.07) is 7.78. The van der Waals surface area contributed by atoms with Crippen LogP contribution in [0.2, 0.25) is 5.02 Å². The Bertz CT molecular complexity index is 711. The van der Waals surface area contributed by atoms with Crippen LogP contribution in [0.1, 0.15) is 50.5 Å². The van der Waals surface area contributed by atoms with Crippen LogP contribution >= 0.6 is 23.8 Å². The van der Waals surface area contributed by atoms with Crippen molar-refractivity contribution < 1.29 is 9.68 Å². The first-order chi connectivity index (χ1) is 13.6. The molecule has 0 bridgehead atoms. The van der Waals surface area contributed by atoms with Crippen molar-refractivity contribution in [2.45, 2.75) is 50.5 Å². The third-order valence-electron chi connectivity index (χ3n) is 5.97. The lowest BCUT2D eigenvalue weighted by molar-refractivity contribution is -0.144. The van der Waals surface area contributed by atoms with Crippen LogP contribution in [0.3, 0.4) is 0 Å². The van der Waals surface area contributed by atoms with Crippen LogP contribution in [0.4, 0.5) is 0 Å². The minimum absolute atomic E-state index is 0.286. The van der Waals surface area contributed by atoms with E-state index in [1.165, 1.54) is 32.1 Å². The van der Waals surface area contributed by atoms with Crippen LogP contribution in [0.15, 0.2) is 30.3 Å². The fourth-order valence-electron chi connectivity index (χ4n) is 4.22. The molecule has 152 valence electrons. The summed E-state index contributed by atoms with van der Waals surface area (Å²) >= 11 is 11.4. The molecule has 5 nitrogen and oxygen atoms in total. The zero-order valence-corrected chi connectivity index (χ0v) is 17.7. The van der Waals surface area contributed by atoms with Crippen molar-refractivity contribution in [2.75, 3.05) is 19.6 Å². The van der Waals surface area contributed by atoms with Crippen LogP contribution in [0, 0.1) is 5.92 Å². The summed E-state index contributed by atoms with van der Waals surface area (Å²) in [6.07, 6.45) is 10.5. The maximum atomic E-state index is 5.98. The minimum atomic E-state index is -0.286. The van der Waals surface area contributed by atoms with Crippen molar-refractivity contribution >= 4 is 34.7 Å². The molecular weight excluding hydrogens is 394 g/mol. The fraction of sp³-hybridized carbons (Fsp3) is 0.571. The monoisotopic (exact) mass is 421 g/mol. The van der Waals surface area contributed by atoms with Gasteiger partial charge < -0.3 is 10.2 Å². The minimum Gasteiger partial charge on any atom is -0.376 e. The lowest BCUT2D eigenvalue weighted by Gasteiger charge is -2.35. The normalized spacial score (nSPS) is 22.5. The number of nitrogens with zero attached hydrogens (tertiary/aromatic N) is 1. The first-order valence-corrected chi connectivity index (χ1v) is 11.0. The Morgan fingerprint density at radius 1 is 1.21 bits per heavy atom. The van der Waals surface area contributed by atoms with Gasteiger partial charge in [0.25, 0.3) is 5.17 Å². The van der Waals surface area contributed by atoms with E-state index in [0.29, 0.717) is 5.17 Å². The summed E-state index contributed by atoms with van der Waals surface area (Å²) in [4.78, 5) is 11.8. The maximum absolute atomic E-state index is 5.98. The van der Waals surface area contributed by atoms with Gasteiger partial charge >= 0.3 is 0 Å². The smallest absolute Gasteiger partial charge is 0.278 e. The highest BCUT2D eigenvalue weighted by molar-refractivity contribution is 7.80. The number of thiocarbonyl (C=S) groups is 1. The Morgan fingerprint density at radius 3 is 2.64 bits per heavy atom. The molecule has 0 radical (unpaired) electrons. The second-order valence-corrected chi connectivity index (χ2v) is 8.83. The fourth-order valence-corrected chi connectivity index (χ4v) is 4.54. The summed E-state index contributed by atoms with van der Waals surface area (Å²) in [5, 5.41) is 6.46. The second-order valence-electron chi connectivity index (χ2n) is 8.03. The van der Waals surface area contributed by atoms with Crippen molar-refractivity contribution in [3.63, 3.8) is 0 Å². The number of piperidine rings is 1. The predicted molar refractivity (Wildman–Crippen MR) is 115 cm³/mol. The average Bonchev–Trinajstić information content (AvgIpc) is 3.13. The topological polar surface area (TPSA) is 45.8 Å². The van der Waals surface area contributed by atoms with E-state index in [9.17, 15) is 0 Å². The van der Waals surface area contributed by atoms with Gasteiger partial charge in [-0.1, -0.05) is 43.0 Å². The molecule has 1 saturated carbocycles. The van der Waals surface area contributed by atoms with E-state index in [-0.39, 0.29) is 5.60 Å². The van der Waals surface area contributed by atoms with Crippen LogP contribution < -0.4 is 10.8 Å². The van der Waals surface area contributed by atoms with Gasteiger partial charge in [0.2, 0.25) is 0 Å². The van der Waals surface area contributed by atoms with Crippen molar-refractivity contribution in [1.82, 2.24) is 15.9 Å². The van der Waals surface area contributed by atoms with Gasteiger partial charge in [-0.2, -0.15) is 0 Å². The molecule has 0 atom stereocenters. The Labute approximate surface area is 177 Å². The van der Waals surface area contributed by atoms with E-state index < -0.39 is 0 Å². The standard InChI is InChI=1S/C21H28ClN3O2S/c22-18-8-6-17(7-9-18)19-14-21(27-24-19)10-12-25(13-11-21)26-20(28)23-15-16-4-2-1-3-5-16/h6-9,14,16,24H,1-5,10-13,15H2,(H,23,28). The van der Waals surface area contributed by atoms with Gasteiger partial charge in [0.15, 0.2) is 0 Å². The van der Waals surface area contributed by atoms with Gasteiger partial charge in [-0.25, -0.2) is 0 Å². The molecule has 1 aliphatic carbocycles. The number of hydrogen-bond donors (Lipinski definition) is 2. The van der Waals surface area contributed by atoms with E-state index in [4.69, 9.17) is 33.5 Å². The van der Waals surface area contributed by atoms with Gasteiger partial charge in [0, 0.05) is 24.7 Å². The summed E-state index contributed by atoms with van der Waals surface area (Å²) in [5.74, 6) is 0.731. The molecular formula is C21H28ClN3O2S. The zero-order chi connectivity index (χ0) is 19.4. The van der Waals surface area contributed by atoms with Crippen molar-refractivity contribution in [3.8, 4) is 0 Å². The van der Waals surface area contributed by atoms with Crippen LogP contribution in [0.5, 0.6) is 0 Å². The molecule has 1 saturated heterocycles. The number of benzene rings is 1. The van der Waals surface area contributed by atoms with Gasteiger partial charge in [-0.05, 0) is 67.6 Å². The Balaban J connectivity index is 1.24. The molecule has 7 heteroatoms. The number of hydroxylamine groups is 3. The van der Waals surface area contributed by atoms with E-state index >= 15 is 0 Å². The van der Waals surface area contributed by atoms with Gasteiger partial charge in [0.05, 0.1) is 5.70 Å². The van der Waals surface area contributed by atoms with Crippen LogP contribution in [-0.4, -0.2) is 35.5 Å². The first-order valence-electron chi connectivity index (χ1n) is 10.3. The Morgan fingerprint density at radius 2 is 1.93 bits per heavy atom. The molecule has 1 aromatic carbocycles. The molecule has 0 amide bonds. The van der Waals surface area contributed by atoms with E-state index in [1.54, 1.807) is 0 Å². The number of nitrogens with one attached hydrogen (secondary N) is 2. The van der Waals surface area contributed by atoms with Crippen molar-refractivity contribution in [1.29, 1.82) is 0 Å². The number of hydrogen-bond acceptors (Lipinski definition) is 5. The predicted octanol–water partition coefficient (Wildman–Crippen LogP) is 4.44. The zero-order valence-electron chi connectivity index (χ0n) is 16.1. The molecule has 1 aromatic rings. The van der Waals surface area contributed by atoms with Gasteiger partial charge in [-0.15, -0.1) is 5.06 Å². The summed E-state index contributed by atoms with van der Waals surface area (Å²) < 4.78 is 0. The highest BCUT2D eigenvalue weighted by Gasteiger charge is 2.39. The van der Waals surface area contributed by atoms with Gasteiger partial charge in [0.1, 0.15) is 5.60 Å². The van der Waals surface area contributed by atoms with E-state index in [2.05, 4.69) is 16.9 Å². The van der Waals surface area contributed by atoms with Crippen LogP contribution in [-0.2, 0) is 9.68 Å². The number of halogens is 1. The van der Waals surface area contributed by atoms with E-state index in [0.717, 1.165) is 54.7 Å². The molecule has 2 N–H and O–H groups in total. The third-order valence-corrected chi connectivity index (χ3v) is 6.44.